The lowest BCUT2D eigenvalue weighted by Crippen LogP contribution is -2.65. The smallest absolute Gasteiger partial charge is 0.227 e. The minimum Gasteiger partial charge on any atom is -0.362 e. The number of aromatic nitrogens is 1. The fraction of sp³-hybridized carbons (Fsp3) is 0.130. The largest absolute Gasteiger partial charge is 0.362 e. The second-order valence-corrected chi connectivity index (χ2v) is 8.27. The minimum absolute atomic E-state index is 0.264. The molecule has 0 radical (unpaired) electrons. The average Bonchev–Trinajstić information content (AvgIpc) is 2.76. The van der Waals surface area contributed by atoms with Gasteiger partial charge in [0.25, 0.3) is 0 Å². The summed E-state index contributed by atoms with van der Waals surface area (Å²) >= 11 is 18.0. The summed E-state index contributed by atoms with van der Waals surface area (Å²) in [6, 6.07) is 19.7. The van der Waals surface area contributed by atoms with Crippen molar-refractivity contribution in [1.29, 1.82) is 5.41 Å². The van der Waals surface area contributed by atoms with E-state index in [2.05, 4.69) is 11.2 Å². The number of hydrogen-bond donors (Lipinski definition) is 3. The summed E-state index contributed by atoms with van der Waals surface area (Å²) in [5, 5.41) is 23.8. The summed E-state index contributed by atoms with van der Waals surface area (Å²) in [5.74, 6) is 1.99. The molecular formula is C23H18Cl2N3OS+. The third-order valence-corrected chi connectivity index (χ3v) is 6.38. The molecule has 150 valence electrons. The van der Waals surface area contributed by atoms with Crippen LogP contribution in [0.5, 0.6) is 0 Å². The Morgan fingerprint density at radius 2 is 1.67 bits per heavy atom. The molecule has 4 rings (SSSR count). The number of pyridine rings is 1. The number of hydrogen-bond acceptors (Lipinski definition) is 3. The molecular weight excluding hydrogens is 437 g/mol. The minimum atomic E-state index is -1.54. The maximum atomic E-state index is 12.0. The molecule has 0 bridgehead atoms. The van der Waals surface area contributed by atoms with Crippen molar-refractivity contribution in [2.45, 2.75) is 17.7 Å². The van der Waals surface area contributed by atoms with E-state index in [1.165, 1.54) is 0 Å². The van der Waals surface area contributed by atoms with Crippen LogP contribution < -0.4 is 9.88 Å². The molecule has 3 atom stereocenters. The van der Waals surface area contributed by atoms with Gasteiger partial charge in [0.2, 0.25) is 11.8 Å². The number of halogens is 2. The molecule has 0 saturated carbocycles. The Labute approximate surface area is 189 Å². The van der Waals surface area contributed by atoms with E-state index < -0.39 is 17.7 Å². The van der Waals surface area contributed by atoms with Crippen molar-refractivity contribution in [1.82, 2.24) is 5.32 Å². The zero-order chi connectivity index (χ0) is 21.3. The van der Waals surface area contributed by atoms with Gasteiger partial charge in [0.15, 0.2) is 12.4 Å². The van der Waals surface area contributed by atoms with Crippen LogP contribution in [0, 0.1) is 5.41 Å². The molecule has 1 fully saturated rings. The number of thiocarbonyl (C=S) groups is 1. The first kappa shape index (κ1) is 20.7. The Hall–Kier alpha value is -2.53. The number of aliphatic hydroxyl groups is 1. The molecule has 1 aliphatic heterocycles. The van der Waals surface area contributed by atoms with Crippen LogP contribution >= 0.6 is 35.4 Å². The van der Waals surface area contributed by atoms with Gasteiger partial charge in [-0.15, -0.1) is 0 Å². The van der Waals surface area contributed by atoms with Crippen molar-refractivity contribution in [2.24, 2.45) is 0 Å². The summed E-state index contributed by atoms with van der Waals surface area (Å²) in [6.07, 6.45) is 3.75. The first-order chi connectivity index (χ1) is 14.5. The molecule has 4 nitrogen and oxygen atoms in total. The Kier molecular flexibility index (Phi) is 5.74. The predicted molar refractivity (Wildman–Crippen MR) is 122 cm³/mol. The fourth-order valence-electron chi connectivity index (χ4n) is 3.96. The highest BCUT2D eigenvalue weighted by Crippen LogP contribution is 2.46. The van der Waals surface area contributed by atoms with E-state index in [4.69, 9.17) is 40.8 Å². The van der Waals surface area contributed by atoms with Gasteiger partial charge in [0.05, 0.1) is 21.5 Å². The summed E-state index contributed by atoms with van der Waals surface area (Å²) in [7, 11) is 0. The molecule has 3 unspecified atom stereocenters. The molecule has 1 aliphatic rings. The Balaban J connectivity index is 2.01. The second kappa shape index (κ2) is 8.31. The lowest BCUT2D eigenvalue weighted by molar-refractivity contribution is -0.743. The maximum absolute atomic E-state index is 12.0. The number of nitrogens with zero attached hydrogens (tertiary/aromatic N) is 1. The van der Waals surface area contributed by atoms with Crippen molar-refractivity contribution in [3.8, 4) is 0 Å². The van der Waals surface area contributed by atoms with Crippen molar-refractivity contribution in [2.75, 3.05) is 0 Å². The molecule has 3 aromatic rings. The van der Waals surface area contributed by atoms with Crippen molar-refractivity contribution >= 4 is 46.3 Å². The van der Waals surface area contributed by atoms with Gasteiger partial charge < -0.3 is 10.4 Å². The first-order valence-corrected chi connectivity index (χ1v) is 10.4. The molecule has 3 N–H and O–H groups in total. The van der Waals surface area contributed by atoms with Gasteiger partial charge in [-0.05, 0) is 23.6 Å². The van der Waals surface area contributed by atoms with Crippen LogP contribution in [0.2, 0.25) is 10.0 Å². The highest BCUT2D eigenvalue weighted by molar-refractivity contribution is 7.80. The SMILES string of the molecule is N=C=C1C(=S)NC(O)(c2ccccc2)C([n+]2ccccc2)C1c1ccc(Cl)c(Cl)c1. The van der Waals surface area contributed by atoms with E-state index in [9.17, 15) is 5.11 Å². The lowest BCUT2D eigenvalue weighted by atomic mass is 9.74. The molecule has 30 heavy (non-hydrogen) atoms. The highest BCUT2D eigenvalue weighted by atomic mass is 35.5. The third kappa shape index (κ3) is 3.56. The van der Waals surface area contributed by atoms with Crippen LogP contribution in [0.15, 0.2) is 84.7 Å². The fourth-order valence-corrected chi connectivity index (χ4v) is 4.60. The van der Waals surface area contributed by atoms with Gasteiger partial charge in [0.1, 0.15) is 4.99 Å². The number of benzene rings is 2. The van der Waals surface area contributed by atoms with Crippen LogP contribution in [0.1, 0.15) is 23.1 Å². The van der Waals surface area contributed by atoms with Crippen LogP contribution in [0.4, 0.5) is 0 Å². The third-order valence-electron chi connectivity index (χ3n) is 5.31. The summed E-state index contributed by atoms with van der Waals surface area (Å²) in [4.78, 5) is 0.264. The van der Waals surface area contributed by atoms with Gasteiger partial charge in [-0.3, -0.25) is 5.41 Å². The summed E-state index contributed by atoms with van der Waals surface area (Å²) < 4.78 is 1.91. The van der Waals surface area contributed by atoms with E-state index in [0.29, 0.717) is 21.2 Å². The standard InChI is InChI=1S/C23H17Cl2N3OS/c24-18-10-9-15(13-19(18)25)20-17(14-26)22(30)27-23(29,16-7-3-1-4-8-16)21(20)28-11-5-2-6-12-28/h1-13,20-21,26,29H/p+1. The lowest BCUT2D eigenvalue weighted by Gasteiger charge is -2.43. The molecule has 7 heteroatoms. The number of rotatable bonds is 3. The van der Waals surface area contributed by atoms with Crippen molar-refractivity contribution < 1.29 is 9.67 Å². The molecule has 2 heterocycles. The topological polar surface area (TPSA) is 60.0 Å². The van der Waals surface area contributed by atoms with E-state index in [1.807, 2.05) is 71.6 Å². The monoisotopic (exact) mass is 454 g/mol. The quantitative estimate of drug-likeness (QED) is 0.235. The Morgan fingerprint density at radius 1 is 1.00 bits per heavy atom. The van der Waals surface area contributed by atoms with Crippen molar-refractivity contribution in [3.63, 3.8) is 0 Å². The van der Waals surface area contributed by atoms with Gasteiger partial charge in [-0.25, -0.2) is 0 Å². The Morgan fingerprint density at radius 3 is 2.30 bits per heavy atom. The van der Waals surface area contributed by atoms with Gasteiger partial charge in [-0.1, -0.05) is 77.9 Å². The van der Waals surface area contributed by atoms with Crippen LogP contribution in [-0.2, 0) is 5.72 Å². The zero-order valence-electron chi connectivity index (χ0n) is 15.7. The molecule has 1 aromatic heterocycles. The van der Waals surface area contributed by atoms with E-state index in [1.54, 1.807) is 12.1 Å². The molecule has 2 aromatic carbocycles. The highest BCUT2D eigenvalue weighted by Gasteiger charge is 2.56. The molecule has 0 amide bonds. The van der Waals surface area contributed by atoms with E-state index in [0.717, 1.165) is 5.56 Å². The van der Waals surface area contributed by atoms with Gasteiger partial charge in [-0.2, -0.15) is 4.57 Å². The van der Waals surface area contributed by atoms with E-state index >= 15 is 0 Å². The average molecular weight is 455 g/mol. The molecule has 1 saturated heterocycles. The maximum Gasteiger partial charge on any atom is 0.227 e. The van der Waals surface area contributed by atoms with Crippen LogP contribution in [0.25, 0.3) is 0 Å². The number of nitrogens with one attached hydrogen (secondary N) is 2. The van der Waals surface area contributed by atoms with E-state index in [-0.39, 0.29) is 4.99 Å². The van der Waals surface area contributed by atoms with Crippen molar-refractivity contribution in [3.05, 3.63) is 106 Å². The summed E-state index contributed by atoms with van der Waals surface area (Å²) in [6.45, 7) is 0. The van der Waals surface area contributed by atoms with Crippen LogP contribution in [0.3, 0.4) is 0 Å². The number of piperidine rings is 1. The molecule has 0 spiro atoms. The van der Waals surface area contributed by atoms with Gasteiger partial charge in [0, 0.05) is 17.7 Å². The molecule has 0 aliphatic carbocycles. The zero-order valence-corrected chi connectivity index (χ0v) is 18.0. The van der Waals surface area contributed by atoms with Gasteiger partial charge >= 0.3 is 0 Å². The normalized spacial score (nSPS) is 23.6. The van der Waals surface area contributed by atoms with Crippen LogP contribution in [-0.4, -0.2) is 16.0 Å². The predicted octanol–water partition coefficient (Wildman–Crippen LogP) is 4.56. The second-order valence-electron chi connectivity index (χ2n) is 7.04. The summed E-state index contributed by atoms with van der Waals surface area (Å²) in [5.41, 5.74) is 0.355. The first-order valence-electron chi connectivity index (χ1n) is 9.26. The Bertz CT molecular complexity index is 1150.